The summed E-state index contributed by atoms with van der Waals surface area (Å²) < 4.78 is 13.0. The Morgan fingerprint density at radius 2 is 1.91 bits per heavy atom. The molecule has 0 aliphatic rings. The average molecular weight is 470 g/mol. The summed E-state index contributed by atoms with van der Waals surface area (Å²) in [5.41, 5.74) is 5.23. The fraction of sp³-hybridized carbons (Fsp3) is 0.276. The first-order valence-electron chi connectivity index (χ1n) is 12.0. The molecule has 0 saturated carbocycles. The molecule has 0 N–H and O–H groups in total. The van der Waals surface area contributed by atoms with E-state index in [0.29, 0.717) is 6.54 Å². The average Bonchev–Trinajstić information content (AvgIpc) is 3.30. The van der Waals surface area contributed by atoms with Crippen LogP contribution in [0.3, 0.4) is 0 Å². The maximum Gasteiger partial charge on any atom is 0.307 e. The highest BCUT2D eigenvalue weighted by Gasteiger charge is 2.14. The second-order valence-corrected chi connectivity index (χ2v) is 8.50. The van der Waals surface area contributed by atoms with Crippen LogP contribution in [0.2, 0.25) is 0 Å². The van der Waals surface area contributed by atoms with Gasteiger partial charge >= 0.3 is 5.97 Å². The molecule has 0 radical (unpaired) electrons. The van der Waals surface area contributed by atoms with E-state index in [9.17, 15) is 4.79 Å². The van der Waals surface area contributed by atoms with Gasteiger partial charge in [0.2, 0.25) is 0 Å². The van der Waals surface area contributed by atoms with E-state index in [1.807, 2.05) is 41.1 Å². The van der Waals surface area contributed by atoms with Crippen LogP contribution < -0.4 is 4.74 Å². The van der Waals surface area contributed by atoms with Crippen molar-refractivity contribution in [2.24, 2.45) is 4.99 Å². The van der Waals surface area contributed by atoms with Crippen molar-refractivity contribution >= 4 is 23.1 Å². The predicted octanol–water partition coefficient (Wildman–Crippen LogP) is 6.24. The molecule has 6 heteroatoms. The molecular weight excluding hydrogens is 438 g/mol. The Kier molecular flexibility index (Phi) is 7.93. The van der Waals surface area contributed by atoms with Crippen LogP contribution in [-0.2, 0) is 9.53 Å². The second kappa shape index (κ2) is 11.5. The zero-order chi connectivity index (χ0) is 24.6. The van der Waals surface area contributed by atoms with Crippen LogP contribution in [-0.4, -0.2) is 35.6 Å². The first-order valence-corrected chi connectivity index (χ1v) is 12.0. The lowest BCUT2D eigenvalue weighted by atomic mass is 10.0. The zero-order valence-corrected chi connectivity index (χ0v) is 20.5. The van der Waals surface area contributed by atoms with Gasteiger partial charge in [0.05, 0.1) is 24.7 Å². The Bertz CT molecular complexity index is 1280. The molecule has 4 rings (SSSR count). The molecule has 4 aromatic rings. The highest BCUT2D eigenvalue weighted by Crippen LogP contribution is 2.29. The number of fused-ring (bicyclic) bond motifs is 1. The van der Waals surface area contributed by atoms with Crippen molar-refractivity contribution in [3.8, 4) is 11.4 Å². The fourth-order valence-electron chi connectivity index (χ4n) is 3.99. The van der Waals surface area contributed by atoms with Gasteiger partial charge in [-0.15, -0.1) is 0 Å². The van der Waals surface area contributed by atoms with E-state index in [0.717, 1.165) is 51.9 Å². The number of methoxy groups -OCH3 is 1. The zero-order valence-electron chi connectivity index (χ0n) is 20.5. The van der Waals surface area contributed by atoms with Crippen LogP contribution >= 0.6 is 0 Å². The lowest BCUT2D eigenvalue weighted by Crippen LogP contribution is -2.08. The summed E-state index contributed by atoms with van der Waals surface area (Å²) in [6.45, 7) is 4.66. The molecule has 6 nitrogen and oxygen atoms in total. The smallest absolute Gasteiger partial charge is 0.307 e. The highest BCUT2D eigenvalue weighted by molar-refractivity contribution is 5.80. The maximum absolute atomic E-state index is 11.2. The van der Waals surface area contributed by atoms with E-state index in [1.54, 1.807) is 6.21 Å². The third kappa shape index (κ3) is 6.15. The maximum atomic E-state index is 11.2. The van der Waals surface area contributed by atoms with Crippen molar-refractivity contribution in [2.75, 3.05) is 13.7 Å². The van der Waals surface area contributed by atoms with Gasteiger partial charge in [0.15, 0.2) is 0 Å². The summed E-state index contributed by atoms with van der Waals surface area (Å²) in [6, 6.07) is 22.5. The third-order valence-corrected chi connectivity index (χ3v) is 5.88. The minimum Gasteiger partial charge on any atom is -0.486 e. The molecule has 1 aromatic heterocycles. The molecule has 180 valence electrons. The molecular formula is C29H31N3O3. The van der Waals surface area contributed by atoms with Gasteiger partial charge in [0.1, 0.15) is 11.9 Å². The molecule has 0 aliphatic heterocycles. The number of aromatic nitrogens is 2. The van der Waals surface area contributed by atoms with Crippen molar-refractivity contribution in [3.05, 3.63) is 89.6 Å². The van der Waals surface area contributed by atoms with Crippen molar-refractivity contribution in [2.45, 2.75) is 39.2 Å². The third-order valence-electron chi connectivity index (χ3n) is 5.88. The Hall–Kier alpha value is -3.93. The summed E-state index contributed by atoms with van der Waals surface area (Å²) in [7, 11) is 1.39. The Balaban J connectivity index is 1.45. The summed E-state index contributed by atoms with van der Waals surface area (Å²) in [5, 5.41) is 5.82. The number of aryl methyl sites for hydroxylation is 1. The molecule has 0 fully saturated rings. The normalized spacial score (nSPS) is 12.2. The number of esters is 1. The topological polar surface area (TPSA) is 65.7 Å². The Labute approximate surface area is 206 Å². The highest BCUT2D eigenvalue weighted by atomic mass is 16.5. The van der Waals surface area contributed by atoms with Gasteiger partial charge in [-0.25, -0.2) is 4.68 Å². The fourth-order valence-corrected chi connectivity index (χ4v) is 3.99. The molecule has 0 saturated heterocycles. The van der Waals surface area contributed by atoms with Crippen molar-refractivity contribution in [3.63, 3.8) is 0 Å². The summed E-state index contributed by atoms with van der Waals surface area (Å²) in [5.74, 6) is 0.591. The van der Waals surface area contributed by atoms with E-state index in [2.05, 4.69) is 60.1 Å². The van der Waals surface area contributed by atoms with E-state index in [-0.39, 0.29) is 18.5 Å². The predicted molar refractivity (Wildman–Crippen MR) is 140 cm³/mol. The summed E-state index contributed by atoms with van der Waals surface area (Å²) >= 11 is 0. The van der Waals surface area contributed by atoms with Gasteiger partial charge in [-0.2, -0.15) is 5.10 Å². The number of ether oxygens (including phenoxy) is 2. The first-order chi connectivity index (χ1) is 17.1. The van der Waals surface area contributed by atoms with Gasteiger partial charge in [0.25, 0.3) is 0 Å². The summed E-state index contributed by atoms with van der Waals surface area (Å²) in [4.78, 5) is 15.5. The van der Waals surface area contributed by atoms with Crippen LogP contribution in [0.15, 0.2) is 77.9 Å². The van der Waals surface area contributed by atoms with Crippen molar-refractivity contribution in [1.29, 1.82) is 0 Å². The Morgan fingerprint density at radius 3 is 2.63 bits per heavy atom. The first kappa shape index (κ1) is 24.2. The molecule has 0 aliphatic carbocycles. The SMILES string of the molecule is CCCC(Oc1ccc(-n2cc3ccccc3n2)c(C)c1)c1ccc(C=NCCC(=O)OC)cc1. The molecule has 3 aromatic carbocycles. The van der Waals surface area contributed by atoms with Crippen LogP contribution in [0.5, 0.6) is 5.75 Å². The molecule has 0 bridgehead atoms. The molecule has 1 heterocycles. The Morgan fingerprint density at radius 1 is 1.11 bits per heavy atom. The largest absolute Gasteiger partial charge is 0.486 e. The number of nitrogens with zero attached hydrogens (tertiary/aromatic N) is 3. The monoisotopic (exact) mass is 469 g/mol. The molecule has 1 unspecified atom stereocenters. The van der Waals surface area contributed by atoms with Crippen LogP contribution in [0.1, 0.15) is 49.0 Å². The van der Waals surface area contributed by atoms with Crippen LogP contribution in [0, 0.1) is 6.92 Å². The quantitative estimate of drug-likeness (QED) is 0.204. The minimum absolute atomic E-state index is 0.0390. The number of aliphatic imine (C=N–C) groups is 1. The minimum atomic E-state index is -0.252. The molecule has 1 atom stereocenters. The van der Waals surface area contributed by atoms with Gasteiger partial charge in [0, 0.05) is 24.3 Å². The van der Waals surface area contributed by atoms with Crippen molar-refractivity contribution in [1.82, 2.24) is 9.78 Å². The van der Waals surface area contributed by atoms with E-state index >= 15 is 0 Å². The van der Waals surface area contributed by atoms with Crippen molar-refractivity contribution < 1.29 is 14.3 Å². The number of carbonyl (C=O) groups is 1. The standard InChI is InChI=1S/C29H31N3O3/c1-4-7-28(23-12-10-22(11-13-23)19-30-17-16-29(33)34-3)35-25-14-15-27(21(2)18-25)32-20-24-8-5-6-9-26(24)31-32/h5-6,8-15,18-20,28H,4,7,16-17H2,1-3H3. The van der Waals surface area contributed by atoms with Gasteiger partial charge in [-0.3, -0.25) is 9.79 Å². The van der Waals surface area contributed by atoms with Crippen LogP contribution in [0.25, 0.3) is 16.6 Å². The van der Waals surface area contributed by atoms with E-state index in [1.165, 1.54) is 7.11 Å². The van der Waals surface area contributed by atoms with E-state index < -0.39 is 0 Å². The number of rotatable bonds is 10. The molecule has 0 spiro atoms. The summed E-state index contributed by atoms with van der Waals surface area (Å²) in [6.07, 6.45) is 6.01. The van der Waals surface area contributed by atoms with E-state index in [4.69, 9.17) is 9.84 Å². The number of hydrogen-bond donors (Lipinski definition) is 0. The second-order valence-electron chi connectivity index (χ2n) is 8.50. The van der Waals surface area contributed by atoms with Gasteiger partial charge < -0.3 is 9.47 Å². The lowest BCUT2D eigenvalue weighted by molar-refractivity contribution is -0.140. The van der Waals surface area contributed by atoms with Gasteiger partial charge in [-0.1, -0.05) is 55.8 Å². The van der Waals surface area contributed by atoms with Gasteiger partial charge in [-0.05, 0) is 54.3 Å². The number of carbonyl (C=O) groups excluding carboxylic acids is 1. The lowest BCUT2D eigenvalue weighted by Gasteiger charge is -2.20. The van der Waals surface area contributed by atoms with Crippen LogP contribution in [0.4, 0.5) is 0 Å². The number of hydrogen-bond acceptors (Lipinski definition) is 5. The number of benzene rings is 3. The molecule has 35 heavy (non-hydrogen) atoms. The molecule has 0 amide bonds.